The van der Waals surface area contributed by atoms with Crippen molar-refractivity contribution in [2.75, 3.05) is 0 Å². The van der Waals surface area contributed by atoms with Gasteiger partial charge in [-0.3, -0.25) is 15.1 Å². The molecule has 0 spiro atoms. The van der Waals surface area contributed by atoms with Crippen molar-refractivity contribution in [3.05, 3.63) is 81.5 Å². The number of H-pyrrole nitrogens is 1. The number of hydrogen-bond acceptors (Lipinski definition) is 5. The number of benzene rings is 1. The predicted octanol–water partition coefficient (Wildman–Crippen LogP) is 7.36. The van der Waals surface area contributed by atoms with E-state index in [0.717, 1.165) is 18.5 Å². The average molecular weight is 529 g/mol. The minimum Gasteiger partial charge on any atom is -0.486 e. The van der Waals surface area contributed by atoms with E-state index in [1.165, 1.54) is 24.7 Å². The van der Waals surface area contributed by atoms with E-state index in [2.05, 4.69) is 20.2 Å². The van der Waals surface area contributed by atoms with Crippen LogP contribution >= 0.6 is 23.2 Å². The number of aryl methyl sites for hydroxylation is 1. The fraction of sp³-hybridized carbons (Fsp3) is 0.296. The summed E-state index contributed by atoms with van der Waals surface area (Å²) >= 11 is 12.5. The Labute approximate surface area is 219 Å². The summed E-state index contributed by atoms with van der Waals surface area (Å²) in [6.45, 7) is 5.41. The molecule has 0 saturated carbocycles. The Kier molecular flexibility index (Phi) is 7.93. The van der Waals surface area contributed by atoms with Crippen molar-refractivity contribution >= 4 is 46.0 Å². The Hall–Kier alpha value is -3.00. The summed E-state index contributed by atoms with van der Waals surface area (Å²) in [7, 11) is 0. The van der Waals surface area contributed by atoms with Crippen LogP contribution in [-0.4, -0.2) is 30.9 Å². The first kappa shape index (κ1) is 26.1. The number of aromatic nitrogens is 4. The Balaban J connectivity index is 1.51. The van der Waals surface area contributed by atoms with E-state index in [9.17, 15) is 5.11 Å². The molecule has 0 saturated heterocycles. The van der Waals surface area contributed by atoms with Gasteiger partial charge in [-0.05, 0) is 70.4 Å². The number of hydrogen-bond donors (Lipinski definition) is 2. The molecule has 36 heavy (non-hydrogen) atoms. The Morgan fingerprint density at radius 3 is 2.58 bits per heavy atom. The van der Waals surface area contributed by atoms with E-state index in [1.807, 2.05) is 6.92 Å². The number of aromatic amines is 1. The third-order valence-corrected chi connectivity index (χ3v) is 6.36. The maximum Gasteiger partial charge on any atom is 0.134 e. The quantitative estimate of drug-likeness (QED) is 0.237. The van der Waals surface area contributed by atoms with Crippen molar-refractivity contribution in [3.63, 3.8) is 0 Å². The number of pyridine rings is 2. The molecule has 1 aromatic carbocycles. The highest BCUT2D eigenvalue weighted by molar-refractivity contribution is 6.35. The van der Waals surface area contributed by atoms with Crippen LogP contribution in [0.5, 0.6) is 5.75 Å². The lowest BCUT2D eigenvalue weighted by Crippen LogP contribution is -2.18. The molecule has 2 N–H and O–H groups in total. The van der Waals surface area contributed by atoms with Crippen LogP contribution in [0.15, 0.2) is 48.9 Å². The van der Waals surface area contributed by atoms with Gasteiger partial charge in [0.25, 0.3) is 0 Å². The van der Waals surface area contributed by atoms with Gasteiger partial charge in [0, 0.05) is 46.9 Å². The van der Waals surface area contributed by atoms with E-state index in [0.29, 0.717) is 49.9 Å². The minimum absolute atomic E-state index is 0.368. The number of halogens is 3. The number of ether oxygens (including phenoxy) is 1. The fourth-order valence-electron chi connectivity index (χ4n) is 3.89. The molecule has 0 bridgehead atoms. The van der Waals surface area contributed by atoms with Gasteiger partial charge in [-0.2, -0.15) is 5.10 Å². The number of fused-ring (bicyclic) bond motifs is 1. The molecule has 188 valence electrons. The Morgan fingerprint density at radius 1 is 1.17 bits per heavy atom. The van der Waals surface area contributed by atoms with Gasteiger partial charge in [-0.25, -0.2) is 4.39 Å². The zero-order valence-corrected chi connectivity index (χ0v) is 21.7. The molecule has 0 aliphatic heterocycles. The summed E-state index contributed by atoms with van der Waals surface area (Å²) in [4.78, 5) is 8.34. The van der Waals surface area contributed by atoms with Crippen LogP contribution < -0.4 is 4.74 Å². The molecule has 0 aliphatic rings. The summed E-state index contributed by atoms with van der Waals surface area (Å²) in [5.41, 5.74) is 2.34. The van der Waals surface area contributed by atoms with Crippen LogP contribution in [0.1, 0.15) is 62.2 Å². The van der Waals surface area contributed by atoms with E-state index >= 15 is 4.39 Å². The second-order valence-electron chi connectivity index (χ2n) is 9.29. The van der Waals surface area contributed by atoms with Gasteiger partial charge in [0.1, 0.15) is 17.7 Å². The summed E-state index contributed by atoms with van der Waals surface area (Å²) < 4.78 is 21.1. The molecule has 0 amide bonds. The maximum absolute atomic E-state index is 15.1. The van der Waals surface area contributed by atoms with Crippen molar-refractivity contribution < 1.29 is 14.2 Å². The molecule has 0 unspecified atom stereocenters. The van der Waals surface area contributed by atoms with Gasteiger partial charge in [0.15, 0.2) is 0 Å². The van der Waals surface area contributed by atoms with Crippen LogP contribution in [0, 0.1) is 0 Å². The molecule has 9 heteroatoms. The van der Waals surface area contributed by atoms with Crippen molar-refractivity contribution in [1.82, 2.24) is 20.2 Å². The van der Waals surface area contributed by atoms with Crippen LogP contribution in [0.4, 0.5) is 4.39 Å². The van der Waals surface area contributed by atoms with E-state index in [-0.39, 0.29) is 0 Å². The number of rotatable bonds is 9. The van der Waals surface area contributed by atoms with Crippen molar-refractivity contribution in [2.45, 2.75) is 51.7 Å². The van der Waals surface area contributed by atoms with Crippen LogP contribution in [0.25, 0.3) is 22.8 Å². The van der Waals surface area contributed by atoms with Crippen LogP contribution in [0.2, 0.25) is 10.0 Å². The monoisotopic (exact) mass is 528 g/mol. The van der Waals surface area contributed by atoms with Gasteiger partial charge in [-0.15, -0.1) is 0 Å². The molecule has 3 heterocycles. The average Bonchev–Trinajstić information content (AvgIpc) is 3.20. The topological polar surface area (TPSA) is 83.9 Å². The molecule has 0 fully saturated rings. The first-order chi connectivity index (χ1) is 17.1. The van der Waals surface area contributed by atoms with E-state index < -0.39 is 17.5 Å². The predicted molar refractivity (Wildman–Crippen MR) is 142 cm³/mol. The normalized spacial score (nSPS) is 13.2. The lowest BCUT2D eigenvalue weighted by atomic mass is 10.0. The van der Waals surface area contributed by atoms with E-state index in [1.54, 1.807) is 44.2 Å². The molecular formula is C27H27Cl2FN4O2. The summed E-state index contributed by atoms with van der Waals surface area (Å²) in [6.07, 6.45) is 7.71. The van der Waals surface area contributed by atoms with Crippen molar-refractivity contribution in [1.29, 1.82) is 0 Å². The van der Waals surface area contributed by atoms with Gasteiger partial charge >= 0.3 is 0 Å². The molecular weight excluding hydrogens is 502 g/mol. The summed E-state index contributed by atoms with van der Waals surface area (Å²) in [5, 5.41) is 18.5. The molecule has 1 atom stereocenters. The van der Waals surface area contributed by atoms with Crippen molar-refractivity contribution in [2.24, 2.45) is 0 Å². The molecule has 4 aromatic rings. The molecule has 0 aliphatic carbocycles. The standard InChI is InChI=1S/C27H27Cl2FN4O2/c1-16(26-21(28)14-31-15-22(26)29)36-19-8-9-24-20(11-19)25(34-33-24)12-23(30)17-6-7-18(32-13-17)5-4-10-27(2,3)35/h6-9,11-16,35H,4-5,10H2,1-3H3,(H,33,34)/b23-12-/t16-/m1/s1. The lowest BCUT2D eigenvalue weighted by Gasteiger charge is -2.17. The van der Waals surface area contributed by atoms with Gasteiger partial charge in [0.05, 0.1) is 26.9 Å². The fourth-order valence-corrected chi connectivity index (χ4v) is 4.56. The number of nitrogens with one attached hydrogen (secondary N) is 1. The zero-order valence-electron chi connectivity index (χ0n) is 20.2. The van der Waals surface area contributed by atoms with Gasteiger partial charge in [0.2, 0.25) is 0 Å². The van der Waals surface area contributed by atoms with Crippen LogP contribution in [0.3, 0.4) is 0 Å². The van der Waals surface area contributed by atoms with Gasteiger partial charge < -0.3 is 9.84 Å². The summed E-state index contributed by atoms with van der Waals surface area (Å²) in [6, 6.07) is 8.88. The highest BCUT2D eigenvalue weighted by Crippen LogP contribution is 2.34. The number of nitrogens with zero attached hydrogens (tertiary/aromatic N) is 3. The second-order valence-corrected chi connectivity index (χ2v) is 10.1. The zero-order chi connectivity index (χ0) is 25.9. The minimum atomic E-state index is -0.705. The molecule has 4 rings (SSSR count). The highest BCUT2D eigenvalue weighted by Gasteiger charge is 2.17. The van der Waals surface area contributed by atoms with Crippen LogP contribution in [-0.2, 0) is 6.42 Å². The number of aliphatic hydroxyl groups is 1. The Bertz CT molecular complexity index is 1360. The third kappa shape index (κ3) is 6.40. The van der Waals surface area contributed by atoms with Crippen molar-refractivity contribution in [3.8, 4) is 5.75 Å². The largest absolute Gasteiger partial charge is 0.486 e. The first-order valence-electron chi connectivity index (χ1n) is 11.6. The molecule has 6 nitrogen and oxygen atoms in total. The van der Waals surface area contributed by atoms with Gasteiger partial charge in [-0.1, -0.05) is 23.2 Å². The SMILES string of the molecule is C[C@@H](Oc1ccc2n[nH]c(/C=C(\F)c3ccc(CCCC(C)(C)O)nc3)c2c1)c1c(Cl)cncc1Cl. The lowest BCUT2D eigenvalue weighted by molar-refractivity contribution is 0.0689. The highest BCUT2D eigenvalue weighted by atomic mass is 35.5. The first-order valence-corrected chi connectivity index (χ1v) is 12.3. The third-order valence-electron chi connectivity index (χ3n) is 5.76. The molecule has 3 aromatic heterocycles. The van der Waals surface area contributed by atoms with E-state index in [4.69, 9.17) is 27.9 Å². The smallest absolute Gasteiger partial charge is 0.134 e. The summed E-state index contributed by atoms with van der Waals surface area (Å²) in [5.74, 6) is 0.124. The maximum atomic E-state index is 15.1. The molecule has 0 radical (unpaired) electrons. The second kappa shape index (κ2) is 10.9. The Morgan fingerprint density at radius 2 is 1.92 bits per heavy atom.